The van der Waals surface area contributed by atoms with Gasteiger partial charge in [0.2, 0.25) is 10.0 Å². The molecule has 6 nitrogen and oxygen atoms in total. The Kier molecular flexibility index (Phi) is 7.02. The van der Waals surface area contributed by atoms with Gasteiger partial charge in [-0.05, 0) is 30.5 Å². The number of methoxy groups -OCH3 is 1. The highest BCUT2D eigenvalue weighted by molar-refractivity contribution is 7.89. The van der Waals surface area contributed by atoms with E-state index in [4.69, 9.17) is 21.4 Å². The molecule has 1 unspecified atom stereocenters. The quantitative estimate of drug-likeness (QED) is 0.678. The lowest BCUT2D eigenvalue weighted by molar-refractivity contribution is -0.137. The topological polar surface area (TPSA) is 92.7 Å². The largest absolute Gasteiger partial charge is 0.497 e. The first kappa shape index (κ1) is 20.2. The molecular formula is C18H20ClNO5S. The Hall–Kier alpha value is -2.09. The molecule has 0 aliphatic carbocycles. The van der Waals surface area contributed by atoms with E-state index in [2.05, 4.69) is 4.72 Å². The molecule has 0 heterocycles. The van der Waals surface area contributed by atoms with Gasteiger partial charge in [-0.15, -0.1) is 0 Å². The first-order valence-corrected chi connectivity index (χ1v) is 9.79. The lowest BCUT2D eigenvalue weighted by Crippen LogP contribution is -2.37. The number of hydrogen-bond donors (Lipinski definition) is 2. The fraction of sp³-hybridized carbons (Fsp3) is 0.278. The summed E-state index contributed by atoms with van der Waals surface area (Å²) in [7, 11) is -2.52. The average molecular weight is 398 g/mol. The monoisotopic (exact) mass is 397 g/mol. The number of nitrogens with one attached hydrogen (secondary N) is 1. The summed E-state index contributed by atoms with van der Waals surface area (Å²) in [5, 5.41) is 9.01. The third kappa shape index (κ3) is 5.72. The van der Waals surface area contributed by atoms with Gasteiger partial charge in [0.05, 0.1) is 12.1 Å². The smallest absolute Gasteiger partial charge is 0.303 e. The number of hydrogen-bond acceptors (Lipinski definition) is 4. The van der Waals surface area contributed by atoms with Gasteiger partial charge in [-0.2, -0.15) is 0 Å². The molecule has 26 heavy (non-hydrogen) atoms. The zero-order valence-electron chi connectivity index (χ0n) is 14.2. The van der Waals surface area contributed by atoms with Crippen LogP contribution < -0.4 is 9.46 Å². The van der Waals surface area contributed by atoms with Crippen molar-refractivity contribution in [3.05, 3.63) is 59.1 Å². The van der Waals surface area contributed by atoms with Crippen molar-refractivity contribution < 1.29 is 23.1 Å². The number of carboxylic acids is 1. The van der Waals surface area contributed by atoms with Crippen molar-refractivity contribution >= 4 is 27.6 Å². The molecule has 2 N–H and O–H groups in total. The van der Waals surface area contributed by atoms with Crippen LogP contribution in [0.2, 0.25) is 5.02 Å². The van der Waals surface area contributed by atoms with E-state index in [1.807, 2.05) is 30.3 Å². The van der Waals surface area contributed by atoms with E-state index in [1.54, 1.807) is 6.07 Å². The van der Waals surface area contributed by atoms with E-state index >= 15 is 0 Å². The molecular weight excluding hydrogens is 378 g/mol. The van der Waals surface area contributed by atoms with Crippen LogP contribution in [0.5, 0.6) is 5.75 Å². The number of halogens is 1. The Labute approximate surface area is 157 Å². The SMILES string of the molecule is COc1ccc(Cl)c(S(=O)(=O)NC(CCC(=O)O)Cc2ccccc2)c1. The van der Waals surface area contributed by atoms with Gasteiger partial charge in [0.15, 0.2) is 0 Å². The molecule has 2 aromatic carbocycles. The Bertz CT molecular complexity index is 855. The third-order valence-electron chi connectivity index (χ3n) is 3.78. The van der Waals surface area contributed by atoms with Gasteiger partial charge in [0, 0.05) is 18.5 Å². The van der Waals surface area contributed by atoms with Gasteiger partial charge >= 0.3 is 5.97 Å². The molecule has 0 bridgehead atoms. The normalized spacial score (nSPS) is 12.5. The maximum absolute atomic E-state index is 12.8. The molecule has 0 aliphatic rings. The second kappa shape index (κ2) is 9.02. The summed E-state index contributed by atoms with van der Waals surface area (Å²) in [6, 6.07) is 13.0. The fourth-order valence-electron chi connectivity index (χ4n) is 2.50. The van der Waals surface area contributed by atoms with Crippen LogP contribution in [0.4, 0.5) is 0 Å². The molecule has 0 fully saturated rings. The molecule has 0 saturated heterocycles. The number of sulfonamides is 1. The predicted molar refractivity (Wildman–Crippen MR) is 99.1 cm³/mol. The van der Waals surface area contributed by atoms with Crippen LogP contribution in [0, 0.1) is 0 Å². The van der Waals surface area contributed by atoms with Gasteiger partial charge in [0.25, 0.3) is 0 Å². The number of aliphatic carboxylic acids is 1. The van der Waals surface area contributed by atoms with Crippen molar-refractivity contribution in [1.29, 1.82) is 0 Å². The highest BCUT2D eigenvalue weighted by Crippen LogP contribution is 2.26. The van der Waals surface area contributed by atoms with Crippen LogP contribution >= 0.6 is 11.6 Å². The summed E-state index contributed by atoms with van der Waals surface area (Å²) >= 11 is 6.04. The van der Waals surface area contributed by atoms with E-state index in [9.17, 15) is 13.2 Å². The van der Waals surface area contributed by atoms with Crippen molar-refractivity contribution in [1.82, 2.24) is 4.72 Å². The summed E-state index contributed by atoms with van der Waals surface area (Å²) in [6.45, 7) is 0. The number of carbonyl (C=O) groups is 1. The highest BCUT2D eigenvalue weighted by Gasteiger charge is 2.24. The van der Waals surface area contributed by atoms with Gasteiger partial charge < -0.3 is 9.84 Å². The van der Waals surface area contributed by atoms with Crippen LogP contribution in [-0.4, -0.2) is 32.6 Å². The molecule has 0 amide bonds. The maximum Gasteiger partial charge on any atom is 0.303 e. The lowest BCUT2D eigenvalue weighted by Gasteiger charge is -2.19. The summed E-state index contributed by atoms with van der Waals surface area (Å²) in [4.78, 5) is 10.8. The fourth-order valence-corrected chi connectivity index (χ4v) is 4.28. The first-order valence-electron chi connectivity index (χ1n) is 7.93. The van der Waals surface area contributed by atoms with Gasteiger partial charge in [-0.3, -0.25) is 4.79 Å². The molecule has 0 radical (unpaired) electrons. The molecule has 0 aliphatic heterocycles. The minimum absolute atomic E-state index is 0.0648. The Balaban J connectivity index is 2.26. The molecule has 2 aromatic rings. The molecule has 2 rings (SSSR count). The first-order chi connectivity index (χ1) is 12.3. The van der Waals surface area contributed by atoms with Crippen molar-refractivity contribution in [2.75, 3.05) is 7.11 Å². The van der Waals surface area contributed by atoms with Crippen LogP contribution in [-0.2, 0) is 21.2 Å². The van der Waals surface area contributed by atoms with Gasteiger partial charge in [-0.25, -0.2) is 13.1 Å². The molecule has 140 valence electrons. The number of carboxylic acid groups (broad SMARTS) is 1. The molecule has 0 aromatic heterocycles. The van der Waals surface area contributed by atoms with Crippen molar-refractivity contribution in [2.45, 2.75) is 30.2 Å². The second-order valence-corrected chi connectivity index (χ2v) is 7.83. The third-order valence-corrected chi connectivity index (χ3v) is 5.78. The Morgan fingerprint density at radius 3 is 2.54 bits per heavy atom. The maximum atomic E-state index is 12.8. The summed E-state index contributed by atoms with van der Waals surface area (Å²) in [5.74, 6) is -0.624. The van der Waals surface area contributed by atoms with Crippen LogP contribution in [0.25, 0.3) is 0 Å². The van der Waals surface area contributed by atoms with Gasteiger partial charge in [0.1, 0.15) is 10.6 Å². The van der Waals surface area contributed by atoms with Crippen LogP contribution in [0.3, 0.4) is 0 Å². The zero-order valence-corrected chi connectivity index (χ0v) is 15.8. The minimum Gasteiger partial charge on any atom is -0.497 e. The number of rotatable bonds is 9. The van der Waals surface area contributed by atoms with E-state index < -0.39 is 22.0 Å². The minimum atomic E-state index is -3.95. The number of ether oxygens (including phenoxy) is 1. The Morgan fingerprint density at radius 1 is 1.23 bits per heavy atom. The highest BCUT2D eigenvalue weighted by atomic mass is 35.5. The van der Waals surface area contributed by atoms with E-state index in [0.29, 0.717) is 12.2 Å². The molecule has 8 heteroatoms. The van der Waals surface area contributed by atoms with E-state index in [-0.39, 0.29) is 22.8 Å². The zero-order chi connectivity index (χ0) is 19.2. The van der Waals surface area contributed by atoms with E-state index in [1.165, 1.54) is 19.2 Å². The molecule has 1 atom stereocenters. The van der Waals surface area contributed by atoms with Crippen LogP contribution in [0.1, 0.15) is 18.4 Å². The molecule has 0 spiro atoms. The predicted octanol–water partition coefficient (Wildman–Crippen LogP) is 3.10. The molecule has 0 saturated carbocycles. The van der Waals surface area contributed by atoms with Crippen molar-refractivity contribution in [3.8, 4) is 5.75 Å². The van der Waals surface area contributed by atoms with Crippen molar-refractivity contribution in [3.63, 3.8) is 0 Å². The average Bonchev–Trinajstić information content (AvgIpc) is 2.60. The summed E-state index contributed by atoms with van der Waals surface area (Å²) < 4.78 is 33.2. The Morgan fingerprint density at radius 2 is 1.92 bits per heavy atom. The lowest BCUT2D eigenvalue weighted by atomic mass is 10.0. The van der Waals surface area contributed by atoms with Crippen LogP contribution in [0.15, 0.2) is 53.4 Å². The van der Waals surface area contributed by atoms with Crippen molar-refractivity contribution in [2.24, 2.45) is 0 Å². The second-order valence-electron chi connectivity index (χ2n) is 5.74. The summed E-state index contributed by atoms with van der Waals surface area (Å²) in [5.41, 5.74) is 0.905. The van der Waals surface area contributed by atoms with Gasteiger partial charge in [-0.1, -0.05) is 41.9 Å². The summed E-state index contributed by atoms with van der Waals surface area (Å²) in [6.07, 6.45) is 0.381. The number of benzene rings is 2. The standard InChI is InChI=1S/C18H20ClNO5S/c1-25-15-8-9-16(19)17(12-15)26(23,24)20-14(7-10-18(21)22)11-13-5-3-2-4-6-13/h2-6,8-9,12,14,20H,7,10-11H2,1H3,(H,21,22). The van der Waals surface area contributed by atoms with E-state index in [0.717, 1.165) is 5.56 Å².